The average molecular weight is 312 g/mol. The highest BCUT2D eigenvalue weighted by Gasteiger charge is 2.29. The molecule has 0 spiro atoms. The molecule has 0 N–H and O–H groups in total. The molecule has 1 aromatic rings. The molecule has 4 nitrogen and oxygen atoms in total. The largest absolute Gasteiger partial charge is 0.479 e. The molecule has 2 unspecified atom stereocenters. The summed E-state index contributed by atoms with van der Waals surface area (Å²) in [5.41, 5.74) is 1.20. The molecule has 0 fully saturated rings. The quantitative estimate of drug-likeness (QED) is 0.622. The van der Waals surface area contributed by atoms with Crippen molar-refractivity contribution in [3.8, 4) is 5.75 Å². The summed E-state index contributed by atoms with van der Waals surface area (Å²) < 4.78 is 5.50. The maximum Gasteiger partial charge on any atom is 0.267 e. The summed E-state index contributed by atoms with van der Waals surface area (Å²) in [6, 6.07) is 5.14. The van der Waals surface area contributed by atoms with Crippen LogP contribution in [0.2, 0.25) is 0 Å². The Morgan fingerprint density at radius 3 is 2.78 bits per heavy atom. The zero-order chi connectivity index (χ0) is 13.4. The molecule has 2 atom stereocenters. The van der Waals surface area contributed by atoms with Crippen LogP contribution in [0, 0.1) is 0 Å². The van der Waals surface area contributed by atoms with E-state index >= 15 is 0 Å². The number of hydrogen-bond donors (Lipinski definition) is 0. The van der Waals surface area contributed by atoms with E-state index in [0.29, 0.717) is 17.0 Å². The number of ketones is 1. The number of carbonyl (C=O) groups is 2. The van der Waals surface area contributed by atoms with Crippen LogP contribution in [-0.4, -0.2) is 29.7 Å². The number of Topliss-reactive ketones (excluding diaryl/α,β-unsaturated/α-hetero) is 1. The minimum atomic E-state index is -0.487. The lowest BCUT2D eigenvalue weighted by Crippen LogP contribution is -2.42. The molecule has 96 valence electrons. The van der Waals surface area contributed by atoms with E-state index < -0.39 is 6.10 Å². The first-order chi connectivity index (χ1) is 8.41. The molecule has 0 radical (unpaired) electrons. The maximum absolute atomic E-state index is 11.9. The second kappa shape index (κ2) is 4.72. The summed E-state index contributed by atoms with van der Waals surface area (Å²) in [6.07, 6.45) is -0.487. The molecule has 0 saturated carbocycles. The van der Waals surface area contributed by atoms with Crippen molar-refractivity contribution in [3.63, 3.8) is 0 Å². The summed E-state index contributed by atoms with van der Waals surface area (Å²) in [5.74, 6) is 0.500. The Bertz CT molecular complexity index is 513. The Balaban J connectivity index is 2.44. The summed E-state index contributed by atoms with van der Waals surface area (Å²) in [4.78, 5) is 25.0. The molecule has 5 heteroatoms. The Morgan fingerprint density at radius 1 is 1.50 bits per heavy atom. The van der Waals surface area contributed by atoms with Crippen molar-refractivity contribution in [2.75, 3.05) is 11.9 Å². The van der Waals surface area contributed by atoms with E-state index in [1.54, 1.807) is 39.1 Å². The minimum absolute atomic E-state index is 0.0164. The zero-order valence-corrected chi connectivity index (χ0v) is 12.0. The number of ether oxygens (including phenoxy) is 1. The first-order valence-electron chi connectivity index (χ1n) is 5.68. The topological polar surface area (TPSA) is 46.6 Å². The molecular formula is C13H14BrNO3. The van der Waals surface area contributed by atoms with Crippen molar-refractivity contribution in [3.05, 3.63) is 23.8 Å². The summed E-state index contributed by atoms with van der Waals surface area (Å²) in [7, 11) is 1.69. The van der Waals surface area contributed by atoms with Gasteiger partial charge < -0.3 is 9.64 Å². The van der Waals surface area contributed by atoms with E-state index in [-0.39, 0.29) is 16.5 Å². The highest BCUT2D eigenvalue weighted by Crippen LogP contribution is 2.34. The van der Waals surface area contributed by atoms with Gasteiger partial charge in [0.1, 0.15) is 5.75 Å². The third-order valence-electron chi connectivity index (χ3n) is 2.95. The molecule has 1 aliphatic heterocycles. The van der Waals surface area contributed by atoms with Gasteiger partial charge in [0, 0.05) is 12.6 Å². The van der Waals surface area contributed by atoms with Gasteiger partial charge in [-0.1, -0.05) is 15.9 Å². The number of anilines is 1. The van der Waals surface area contributed by atoms with Crippen molar-refractivity contribution in [2.45, 2.75) is 24.8 Å². The minimum Gasteiger partial charge on any atom is -0.479 e. The Morgan fingerprint density at radius 2 is 2.17 bits per heavy atom. The molecule has 1 amide bonds. The van der Waals surface area contributed by atoms with Crippen LogP contribution in [0.15, 0.2) is 18.2 Å². The molecule has 1 aromatic carbocycles. The Kier molecular flexibility index (Phi) is 3.43. The second-order valence-electron chi connectivity index (χ2n) is 4.32. The van der Waals surface area contributed by atoms with Crippen molar-refractivity contribution >= 4 is 33.3 Å². The van der Waals surface area contributed by atoms with Gasteiger partial charge in [0.15, 0.2) is 11.9 Å². The van der Waals surface area contributed by atoms with E-state index in [9.17, 15) is 9.59 Å². The van der Waals surface area contributed by atoms with E-state index in [2.05, 4.69) is 15.9 Å². The normalized spacial score (nSPS) is 20.1. The number of alkyl halides is 1. The molecule has 0 aliphatic carbocycles. The van der Waals surface area contributed by atoms with E-state index in [1.807, 2.05) is 0 Å². The van der Waals surface area contributed by atoms with Crippen LogP contribution in [0.25, 0.3) is 0 Å². The number of likely N-dealkylation sites (N-methyl/N-ethyl adjacent to an activating group) is 1. The molecule has 18 heavy (non-hydrogen) atoms. The second-order valence-corrected chi connectivity index (χ2v) is 5.69. The van der Waals surface area contributed by atoms with Crippen molar-refractivity contribution in [1.29, 1.82) is 0 Å². The SMILES string of the molecule is CC(Br)C(=O)c1ccc2c(c1)N(C)C(=O)C(C)O2. The standard InChI is InChI=1S/C13H14BrNO3/c1-7(14)12(16)9-4-5-11-10(6-9)15(3)13(17)8(2)18-11/h4-8H,1-3H3. The van der Waals surface area contributed by atoms with Crippen molar-refractivity contribution in [1.82, 2.24) is 0 Å². The number of nitrogens with zero attached hydrogens (tertiary/aromatic N) is 1. The van der Waals surface area contributed by atoms with Gasteiger partial charge in [-0.05, 0) is 32.0 Å². The van der Waals surface area contributed by atoms with Gasteiger partial charge in [-0.25, -0.2) is 0 Å². The number of halogens is 1. The maximum atomic E-state index is 11.9. The number of fused-ring (bicyclic) bond motifs is 1. The third kappa shape index (κ3) is 2.14. The third-order valence-corrected chi connectivity index (χ3v) is 3.36. The van der Waals surface area contributed by atoms with Gasteiger partial charge in [0.25, 0.3) is 5.91 Å². The Labute approximate surface area is 114 Å². The van der Waals surface area contributed by atoms with E-state index in [1.165, 1.54) is 4.90 Å². The van der Waals surface area contributed by atoms with E-state index in [0.717, 1.165) is 0 Å². The zero-order valence-electron chi connectivity index (χ0n) is 10.4. The Hall–Kier alpha value is -1.36. The predicted molar refractivity (Wildman–Crippen MR) is 72.7 cm³/mol. The molecule has 1 aliphatic rings. The van der Waals surface area contributed by atoms with Crippen LogP contribution in [-0.2, 0) is 4.79 Å². The molecular weight excluding hydrogens is 298 g/mol. The lowest BCUT2D eigenvalue weighted by atomic mass is 10.1. The fourth-order valence-electron chi connectivity index (χ4n) is 1.89. The van der Waals surface area contributed by atoms with Crippen molar-refractivity contribution in [2.24, 2.45) is 0 Å². The smallest absolute Gasteiger partial charge is 0.267 e. The van der Waals surface area contributed by atoms with E-state index in [4.69, 9.17) is 4.74 Å². The van der Waals surface area contributed by atoms with Gasteiger partial charge in [-0.15, -0.1) is 0 Å². The van der Waals surface area contributed by atoms with Gasteiger partial charge in [-0.3, -0.25) is 9.59 Å². The number of carbonyl (C=O) groups excluding carboxylic acids is 2. The van der Waals surface area contributed by atoms with Gasteiger partial charge in [-0.2, -0.15) is 0 Å². The number of amides is 1. The van der Waals surface area contributed by atoms with Crippen LogP contribution >= 0.6 is 15.9 Å². The molecule has 0 aromatic heterocycles. The summed E-state index contributed by atoms with van der Waals surface area (Å²) >= 11 is 3.25. The van der Waals surface area contributed by atoms with Crippen LogP contribution in [0.4, 0.5) is 5.69 Å². The highest BCUT2D eigenvalue weighted by atomic mass is 79.9. The number of hydrogen-bond acceptors (Lipinski definition) is 3. The molecule has 2 rings (SSSR count). The van der Waals surface area contributed by atoms with Crippen LogP contribution in [0.1, 0.15) is 24.2 Å². The van der Waals surface area contributed by atoms with Gasteiger partial charge >= 0.3 is 0 Å². The first kappa shape index (κ1) is 13.1. The van der Waals surface area contributed by atoms with Gasteiger partial charge in [0.05, 0.1) is 10.5 Å². The van der Waals surface area contributed by atoms with Crippen LogP contribution < -0.4 is 9.64 Å². The predicted octanol–water partition coefficient (Wildman–Crippen LogP) is 2.40. The summed E-state index contributed by atoms with van der Waals surface area (Å²) in [5, 5.41) is 0. The fourth-order valence-corrected chi connectivity index (χ4v) is 2.16. The lowest BCUT2D eigenvalue weighted by molar-refractivity contribution is -0.125. The fraction of sp³-hybridized carbons (Fsp3) is 0.385. The lowest BCUT2D eigenvalue weighted by Gasteiger charge is -2.30. The van der Waals surface area contributed by atoms with Crippen LogP contribution in [0.5, 0.6) is 5.75 Å². The molecule has 1 heterocycles. The number of rotatable bonds is 2. The summed E-state index contributed by atoms with van der Waals surface area (Å²) in [6.45, 7) is 3.48. The number of benzene rings is 1. The first-order valence-corrected chi connectivity index (χ1v) is 6.60. The van der Waals surface area contributed by atoms with Gasteiger partial charge in [0.2, 0.25) is 0 Å². The highest BCUT2D eigenvalue weighted by molar-refractivity contribution is 9.10. The molecule has 0 saturated heterocycles. The monoisotopic (exact) mass is 311 g/mol. The average Bonchev–Trinajstić information content (AvgIpc) is 2.35. The molecule has 0 bridgehead atoms. The van der Waals surface area contributed by atoms with Crippen molar-refractivity contribution < 1.29 is 14.3 Å². The van der Waals surface area contributed by atoms with Crippen LogP contribution in [0.3, 0.4) is 0 Å².